The van der Waals surface area contributed by atoms with E-state index in [1.807, 2.05) is 0 Å². The van der Waals surface area contributed by atoms with Crippen LogP contribution in [0.5, 0.6) is 0 Å². The molecular weight excluding hydrogens is 192 g/mol. The van der Waals surface area contributed by atoms with Gasteiger partial charge in [0, 0.05) is 0 Å². The maximum atomic E-state index is 11.1. The number of carboxylic acids is 1. The van der Waals surface area contributed by atoms with Gasteiger partial charge < -0.3 is 10.2 Å². The highest BCUT2D eigenvalue weighted by Crippen LogP contribution is 2.47. The molecule has 0 aromatic heterocycles. The molecule has 0 saturated heterocycles. The van der Waals surface area contributed by atoms with Crippen LogP contribution in [0.25, 0.3) is 0 Å². The molecular formula is C12H22O3. The van der Waals surface area contributed by atoms with Gasteiger partial charge in [-0.1, -0.05) is 13.8 Å². The summed E-state index contributed by atoms with van der Waals surface area (Å²) in [5, 5.41) is 19.5. The molecule has 2 N–H and O–H groups in total. The summed E-state index contributed by atoms with van der Waals surface area (Å²) < 4.78 is 0. The molecule has 88 valence electrons. The normalized spacial score (nSPS) is 24.9. The van der Waals surface area contributed by atoms with Gasteiger partial charge in [-0.3, -0.25) is 4.79 Å². The highest BCUT2D eigenvalue weighted by atomic mass is 16.4. The summed E-state index contributed by atoms with van der Waals surface area (Å²) in [7, 11) is 0. The van der Waals surface area contributed by atoms with Crippen molar-refractivity contribution in [1.29, 1.82) is 0 Å². The van der Waals surface area contributed by atoms with Crippen LogP contribution in [0.15, 0.2) is 0 Å². The second-order valence-corrected chi connectivity index (χ2v) is 6.13. The number of aliphatic hydroxyl groups is 1. The molecule has 1 rings (SSSR count). The van der Waals surface area contributed by atoms with E-state index in [9.17, 15) is 9.90 Å². The van der Waals surface area contributed by atoms with Crippen molar-refractivity contribution >= 4 is 5.97 Å². The van der Waals surface area contributed by atoms with Gasteiger partial charge in [0.1, 0.15) is 0 Å². The third-order valence-corrected chi connectivity index (χ3v) is 4.13. The van der Waals surface area contributed by atoms with Crippen LogP contribution in [0, 0.1) is 10.8 Å². The third kappa shape index (κ3) is 2.17. The molecule has 15 heavy (non-hydrogen) atoms. The lowest BCUT2D eigenvalue weighted by atomic mass is 9.62. The van der Waals surface area contributed by atoms with Crippen molar-refractivity contribution in [3.8, 4) is 0 Å². The van der Waals surface area contributed by atoms with E-state index in [0.29, 0.717) is 12.8 Å². The first-order valence-corrected chi connectivity index (χ1v) is 5.57. The average molecular weight is 214 g/mol. The van der Waals surface area contributed by atoms with Crippen molar-refractivity contribution in [3.63, 3.8) is 0 Å². The molecule has 1 saturated carbocycles. The summed E-state index contributed by atoms with van der Waals surface area (Å²) in [4.78, 5) is 11.1. The topological polar surface area (TPSA) is 57.5 Å². The molecule has 1 aliphatic carbocycles. The van der Waals surface area contributed by atoms with Crippen LogP contribution in [0.1, 0.15) is 53.4 Å². The quantitative estimate of drug-likeness (QED) is 0.742. The molecule has 0 radical (unpaired) electrons. The molecule has 0 atom stereocenters. The van der Waals surface area contributed by atoms with Gasteiger partial charge in [-0.25, -0.2) is 0 Å². The van der Waals surface area contributed by atoms with Crippen molar-refractivity contribution in [2.75, 3.05) is 0 Å². The monoisotopic (exact) mass is 214 g/mol. The Morgan fingerprint density at radius 3 is 1.87 bits per heavy atom. The summed E-state index contributed by atoms with van der Waals surface area (Å²) >= 11 is 0. The predicted molar refractivity (Wildman–Crippen MR) is 58.6 cm³/mol. The molecule has 0 aromatic carbocycles. The Kier molecular flexibility index (Phi) is 2.90. The van der Waals surface area contributed by atoms with E-state index in [0.717, 1.165) is 12.8 Å². The fraction of sp³-hybridized carbons (Fsp3) is 0.917. The molecule has 0 unspecified atom stereocenters. The van der Waals surface area contributed by atoms with Crippen molar-refractivity contribution in [3.05, 3.63) is 0 Å². The summed E-state index contributed by atoms with van der Waals surface area (Å²) in [6.07, 6.45) is 2.94. The molecule has 0 spiro atoms. The van der Waals surface area contributed by atoms with Gasteiger partial charge in [-0.05, 0) is 44.9 Å². The number of hydrogen-bond donors (Lipinski definition) is 2. The molecule has 0 heterocycles. The van der Waals surface area contributed by atoms with Gasteiger partial charge in [0.25, 0.3) is 0 Å². The standard InChI is InChI=1S/C12H22O3/c1-10(2)5-7-12(15,8-6-10)11(3,4)9(13)14/h15H,5-8H2,1-4H3,(H,13,14). The molecule has 3 heteroatoms. The van der Waals surface area contributed by atoms with Gasteiger partial charge in [-0.15, -0.1) is 0 Å². The van der Waals surface area contributed by atoms with Crippen molar-refractivity contribution < 1.29 is 15.0 Å². The zero-order valence-electron chi connectivity index (χ0n) is 10.1. The molecule has 1 aliphatic rings. The summed E-state index contributed by atoms with van der Waals surface area (Å²) in [6, 6.07) is 0. The first-order chi connectivity index (χ1) is 6.61. The second kappa shape index (κ2) is 3.48. The molecule has 0 aliphatic heterocycles. The molecule has 0 bridgehead atoms. The highest BCUT2D eigenvalue weighted by molar-refractivity contribution is 5.75. The first kappa shape index (κ1) is 12.5. The van der Waals surface area contributed by atoms with Crippen LogP contribution >= 0.6 is 0 Å². The van der Waals surface area contributed by atoms with Crippen LogP contribution in [0.3, 0.4) is 0 Å². The van der Waals surface area contributed by atoms with E-state index in [2.05, 4.69) is 13.8 Å². The fourth-order valence-corrected chi connectivity index (χ4v) is 2.16. The molecule has 0 amide bonds. The second-order valence-electron chi connectivity index (χ2n) is 6.13. The smallest absolute Gasteiger partial charge is 0.312 e. The highest BCUT2D eigenvalue weighted by Gasteiger charge is 2.51. The Hall–Kier alpha value is -0.570. The van der Waals surface area contributed by atoms with E-state index in [1.54, 1.807) is 13.8 Å². The summed E-state index contributed by atoms with van der Waals surface area (Å²) in [5.41, 5.74) is -1.86. The minimum atomic E-state index is -1.05. The van der Waals surface area contributed by atoms with E-state index >= 15 is 0 Å². The minimum absolute atomic E-state index is 0.237. The van der Waals surface area contributed by atoms with Crippen LogP contribution in [-0.4, -0.2) is 21.8 Å². The first-order valence-electron chi connectivity index (χ1n) is 5.57. The van der Waals surface area contributed by atoms with Gasteiger partial charge >= 0.3 is 5.97 Å². The Morgan fingerprint density at radius 2 is 1.53 bits per heavy atom. The largest absolute Gasteiger partial charge is 0.481 e. The molecule has 3 nitrogen and oxygen atoms in total. The fourth-order valence-electron chi connectivity index (χ4n) is 2.16. The lowest BCUT2D eigenvalue weighted by Crippen LogP contribution is -2.52. The molecule has 0 aromatic rings. The van der Waals surface area contributed by atoms with Gasteiger partial charge in [0.05, 0.1) is 11.0 Å². The number of aliphatic carboxylic acids is 1. The number of hydrogen-bond acceptors (Lipinski definition) is 2. The zero-order valence-corrected chi connectivity index (χ0v) is 10.1. The number of carboxylic acid groups (broad SMARTS) is 1. The van der Waals surface area contributed by atoms with Crippen molar-refractivity contribution in [2.45, 2.75) is 59.0 Å². The maximum absolute atomic E-state index is 11.1. The third-order valence-electron chi connectivity index (χ3n) is 4.13. The lowest BCUT2D eigenvalue weighted by molar-refractivity contribution is -0.172. The van der Waals surface area contributed by atoms with Crippen LogP contribution < -0.4 is 0 Å². The predicted octanol–water partition coefficient (Wildman–Crippen LogP) is 2.43. The van der Waals surface area contributed by atoms with Crippen LogP contribution in [-0.2, 0) is 4.79 Å². The Morgan fingerprint density at radius 1 is 1.13 bits per heavy atom. The Bertz CT molecular complexity index is 256. The van der Waals surface area contributed by atoms with E-state index < -0.39 is 17.0 Å². The SMILES string of the molecule is CC1(C)CCC(O)(C(C)(C)C(=O)O)CC1. The molecule has 1 fully saturated rings. The van der Waals surface area contributed by atoms with E-state index in [-0.39, 0.29) is 5.41 Å². The zero-order chi connectivity index (χ0) is 11.9. The average Bonchev–Trinajstić information content (AvgIpc) is 2.10. The number of carbonyl (C=O) groups is 1. The summed E-state index contributed by atoms with van der Waals surface area (Å²) in [5.74, 6) is -0.912. The lowest BCUT2D eigenvalue weighted by Gasteiger charge is -2.46. The van der Waals surface area contributed by atoms with Crippen molar-refractivity contribution in [1.82, 2.24) is 0 Å². The van der Waals surface area contributed by atoms with Crippen LogP contribution in [0.4, 0.5) is 0 Å². The Labute approximate surface area is 91.5 Å². The van der Waals surface area contributed by atoms with E-state index in [4.69, 9.17) is 5.11 Å². The maximum Gasteiger partial charge on any atom is 0.312 e. The number of rotatable bonds is 2. The Balaban J connectivity index is 2.83. The summed E-state index contributed by atoms with van der Waals surface area (Å²) in [6.45, 7) is 7.57. The minimum Gasteiger partial charge on any atom is -0.481 e. The van der Waals surface area contributed by atoms with E-state index in [1.165, 1.54) is 0 Å². The van der Waals surface area contributed by atoms with Gasteiger partial charge in [-0.2, -0.15) is 0 Å². The van der Waals surface area contributed by atoms with Gasteiger partial charge in [0.2, 0.25) is 0 Å². The van der Waals surface area contributed by atoms with Crippen LogP contribution in [0.2, 0.25) is 0 Å². The van der Waals surface area contributed by atoms with Crippen molar-refractivity contribution in [2.24, 2.45) is 10.8 Å². The van der Waals surface area contributed by atoms with Gasteiger partial charge in [0.15, 0.2) is 0 Å².